The molecule has 1 aromatic carbocycles. The number of hydrogen-bond acceptors (Lipinski definition) is 2. The Morgan fingerprint density at radius 2 is 1.62 bits per heavy atom. The highest BCUT2D eigenvalue weighted by atomic mass is 16.2. The fraction of sp³-hybridized carbons (Fsp3) is 0.600. The summed E-state index contributed by atoms with van der Waals surface area (Å²) in [6.45, 7) is 7.19. The van der Waals surface area contributed by atoms with Crippen molar-refractivity contribution in [3.63, 3.8) is 0 Å². The molecule has 4 saturated carbocycles. The predicted octanol–water partition coefficient (Wildman–Crippen LogP) is 6.27. The number of benzene rings is 1. The Kier molecular flexibility index (Phi) is 6.43. The van der Waals surface area contributed by atoms with E-state index in [0.717, 1.165) is 80.5 Å². The van der Waals surface area contributed by atoms with Crippen molar-refractivity contribution in [3.05, 3.63) is 57.5 Å². The van der Waals surface area contributed by atoms with E-state index in [-0.39, 0.29) is 16.9 Å². The van der Waals surface area contributed by atoms with Crippen LogP contribution in [0.4, 0.5) is 0 Å². The minimum Gasteiger partial charge on any atom is -0.350 e. The average Bonchev–Trinajstić information content (AvgIpc) is 2.80. The molecule has 2 aromatic rings. The molecule has 0 spiro atoms. The van der Waals surface area contributed by atoms with Crippen LogP contribution in [0.1, 0.15) is 93.3 Å². The van der Waals surface area contributed by atoms with Gasteiger partial charge in [-0.05, 0) is 87.2 Å². The van der Waals surface area contributed by atoms with Gasteiger partial charge < -0.3 is 9.88 Å². The average molecular weight is 461 g/mol. The van der Waals surface area contributed by atoms with E-state index in [9.17, 15) is 9.59 Å². The molecule has 1 aromatic heterocycles. The van der Waals surface area contributed by atoms with E-state index in [1.807, 2.05) is 25.3 Å². The van der Waals surface area contributed by atoms with Gasteiger partial charge in [0.2, 0.25) is 5.43 Å². The third-order valence-electron chi connectivity index (χ3n) is 8.86. The molecule has 0 atom stereocenters. The van der Waals surface area contributed by atoms with E-state index < -0.39 is 0 Å². The van der Waals surface area contributed by atoms with Crippen LogP contribution in [-0.4, -0.2) is 16.0 Å². The van der Waals surface area contributed by atoms with Crippen LogP contribution in [0.25, 0.3) is 11.1 Å². The number of nitrogens with zero attached hydrogens (tertiary/aromatic N) is 1. The zero-order valence-electron chi connectivity index (χ0n) is 21.2. The highest BCUT2D eigenvalue weighted by Crippen LogP contribution is 2.55. The molecule has 0 unspecified atom stereocenters. The maximum Gasteiger partial charge on any atom is 0.257 e. The lowest BCUT2D eigenvalue weighted by Gasteiger charge is -2.56. The monoisotopic (exact) mass is 460 g/mol. The van der Waals surface area contributed by atoms with Crippen LogP contribution in [0.5, 0.6) is 0 Å². The quantitative estimate of drug-likeness (QED) is 0.472. The Bertz CT molecular complexity index is 1080. The predicted molar refractivity (Wildman–Crippen MR) is 138 cm³/mol. The zero-order valence-corrected chi connectivity index (χ0v) is 21.2. The number of aryl methyl sites for hydroxylation is 2. The van der Waals surface area contributed by atoms with Gasteiger partial charge in [-0.1, -0.05) is 51.0 Å². The van der Waals surface area contributed by atoms with Gasteiger partial charge >= 0.3 is 0 Å². The molecule has 182 valence electrons. The number of amides is 1. The normalized spacial score (nSPS) is 27.2. The minimum atomic E-state index is -0.164. The van der Waals surface area contributed by atoms with Crippen LogP contribution in [0.3, 0.4) is 0 Å². The van der Waals surface area contributed by atoms with E-state index in [0.29, 0.717) is 11.1 Å². The maximum atomic E-state index is 13.8. The molecule has 0 radical (unpaired) electrons. The third kappa shape index (κ3) is 4.36. The van der Waals surface area contributed by atoms with Gasteiger partial charge in [-0.25, -0.2) is 0 Å². The molecular weight excluding hydrogens is 420 g/mol. The Balaban J connectivity index is 1.51. The number of rotatable bonds is 8. The van der Waals surface area contributed by atoms with Gasteiger partial charge in [-0.2, -0.15) is 0 Å². The largest absolute Gasteiger partial charge is 0.350 e. The highest BCUT2D eigenvalue weighted by Gasteiger charge is 2.51. The van der Waals surface area contributed by atoms with Crippen molar-refractivity contribution in [2.75, 3.05) is 0 Å². The van der Waals surface area contributed by atoms with Crippen LogP contribution in [0.2, 0.25) is 0 Å². The van der Waals surface area contributed by atoms with Crippen LogP contribution < -0.4 is 10.7 Å². The first kappa shape index (κ1) is 23.4. The lowest BCUT2D eigenvalue weighted by atomic mass is 9.53. The highest BCUT2D eigenvalue weighted by molar-refractivity contribution is 5.95. The Labute approximate surface area is 204 Å². The van der Waals surface area contributed by atoms with Gasteiger partial charge in [-0.15, -0.1) is 0 Å². The van der Waals surface area contributed by atoms with Crippen LogP contribution in [0, 0.1) is 24.7 Å². The Hall–Kier alpha value is -2.36. The first-order valence-electron chi connectivity index (χ1n) is 13.6. The number of unbranched alkanes of at least 4 members (excludes halogenated alkanes) is 2. The second-order valence-corrected chi connectivity index (χ2v) is 11.4. The number of carbonyl (C=O) groups is 1. The lowest BCUT2D eigenvalue weighted by Crippen LogP contribution is -2.60. The van der Waals surface area contributed by atoms with Crippen LogP contribution >= 0.6 is 0 Å². The summed E-state index contributed by atoms with van der Waals surface area (Å²) in [5.74, 6) is 2.09. The molecule has 4 fully saturated rings. The summed E-state index contributed by atoms with van der Waals surface area (Å²) in [6.07, 6.45) is 13.4. The van der Waals surface area contributed by atoms with Crippen molar-refractivity contribution in [3.8, 4) is 11.1 Å². The number of aromatic nitrogens is 1. The first-order chi connectivity index (χ1) is 16.4. The van der Waals surface area contributed by atoms with Crippen molar-refractivity contribution in [1.29, 1.82) is 0 Å². The molecule has 34 heavy (non-hydrogen) atoms. The second kappa shape index (κ2) is 9.36. The van der Waals surface area contributed by atoms with Gasteiger partial charge in [0.1, 0.15) is 5.56 Å². The van der Waals surface area contributed by atoms with Crippen LogP contribution in [-0.2, 0) is 13.0 Å². The summed E-state index contributed by atoms with van der Waals surface area (Å²) < 4.78 is 2.15. The smallest absolute Gasteiger partial charge is 0.257 e. The van der Waals surface area contributed by atoms with Crippen molar-refractivity contribution in [2.45, 2.75) is 97.1 Å². The standard InChI is InChI=1S/C30H40N2O2/c1-4-6-7-12-32-19-26(28(33)27(20(32)3)25-10-8-21(5-2)9-11-25)29(34)31-30-16-22-13-23(17-30)15-24(14-22)18-30/h8-11,19,22-24H,4-7,12-18H2,1-3H3,(H,31,34). The molecule has 0 aliphatic heterocycles. The number of pyridine rings is 1. The van der Waals surface area contributed by atoms with Crippen molar-refractivity contribution in [2.24, 2.45) is 17.8 Å². The van der Waals surface area contributed by atoms with Crippen molar-refractivity contribution < 1.29 is 4.79 Å². The summed E-state index contributed by atoms with van der Waals surface area (Å²) in [4.78, 5) is 27.5. The van der Waals surface area contributed by atoms with E-state index in [4.69, 9.17) is 0 Å². The summed E-state index contributed by atoms with van der Waals surface area (Å²) in [5.41, 5.74) is 3.88. The summed E-state index contributed by atoms with van der Waals surface area (Å²) in [7, 11) is 0. The van der Waals surface area contributed by atoms with Crippen LogP contribution in [0.15, 0.2) is 35.3 Å². The molecule has 4 aliphatic carbocycles. The van der Waals surface area contributed by atoms with Crippen molar-refractivity contribution >= 4 is 5.91 Å². The Morgan fingerprint density at radius 1 is 1.00 bits per heavy atom. The fourth-order valence-corrected chi connectivity index (χ4v) is 7.50. The number of carbonyl (C=O) groups excluding carboxylic acids is 1. The number of nitrogens with one attached hydrogen (secondary N) is 1. The van der Waals surface area contributed by atoms with Gasteiger partial charge in [0.05, 0.1) is 0 Å². The van der Waals surface area contributed by atoms with Gasteiger partial charge in [0.15, 0.2) is 0 Å². The topological polar surface area (TPSA) is 51.1 Å². The molecule has 4 nitrogen and oxygen atoms in total. The molecule has 4 bridgehead atoms. The second-order valence-electron chi connectivity index (χ2n) is 11.4. The van der Waals surface area contributed by atoms with E-state index >= 15 is 0 Å². The molecule has 4 heteroatoms. The van der Waals surface area contributed by atoms with Crippen molar-refractivity contribution in [1.82, 2.24) is 9.88 Å². The summed E-state index contributed by atoms with van der Waals surface area (Å²) >= 11 is 0. The molecular formula is C30H40N2O2. The molecule has 1 N–H and O–H groups in total. The Morgan fingerprint density at radius 3 is 2.18 bits per heavy atom. The lowest BCUT2D eigenvalue weighted by molar-refractivity contribution is -0.0167. The maximum absolute atomic E-state index is 13.8. The number of hydrogen-bond donors (Lipinski definition) is 1. The molecule has 6 rings (SSSR count). The third-order valence-corrected chi connectivity index (χ3v) is 8.86. The molecule has 1 heterocycles. The van der Waals surface area contributed by atoms with E-state index in [2.05, 4.69) is 35.9 Å². The first-order valence-corrected chi connectivity index (χ1v) is 13.6. The van der Waals surface area contributed by atoms with Gasteiger partial charge in [0.25, 0.3) is 5.91 Å². The molecule has 4 aliphatic rings. The van der Waals surface area contributed by atoms with Gasteiger partial charge in [0, 0.05) is 29.5 Å². The zero-order chi connectivity index (χ0) is 23.9. The van der Waals surface area contributed by atoms with Gasteiger partial charge in [-0.3, -0.25) is 9.59 Å². The van der Waals surface area contributed by atoms with E-state index in [1.165, 1.54) is 24.8 Å². The minimum absolute atomic E-state index is 0.0981. The van der Waals surface area contributed by atoms with E-state index in [1.54, 1.807) is 0 Å². The summed E-state index contributed by atoms with van der Waals surface area (Å²) in [6, 6.07) is 8.27. The molecule has 0 saturated heterocycles. The summed E-state index contributed by atoms with van der Waals surface area (Å²) in [5, 5.41) is 3.44. The SMILES string of the molecule is CCCCCn1cc(C(=O)NC23CC4CC(CC(C4)C2)C3)c(=O)c(-c2ccc(CC)cc2)c1C. The molecule has 1 amide bonds. The fourth-order valence-electron chi connectivity index (χ4n) is 7.50.